The summed E-state index contributed by atoms with van der Waals surface area (Å²) in [6.07, 6.45) is 1.61. The first-order chi connectivity index (χ1) is 19.4. The number of amides is 1. The average molecular weight is 667 g/mol. The molecule has 9 nitrogen and oxygen atoms in total. The van der Waals surface area contributed by atoms with Crippen LogP contribution in [-0.4, -0.2) is 45.8 Å². The monoisotopic (exact) mass is 665 g/mol. The summed E-state index contributed by atoms with van der Waals surface area (Å²) in [5, 5.41) is 11.7. The van der Waals surface area contributed by atoms with Gasteiger partial charge in [-0.2, -0.15) is 14.5 Å². The lowest BCUT2D eigenvalue weighted by molar-refractivity contribution is 0.0910. The molecule has 5 aromatic rings. The molecule has 0 atom stereocenters. The Morgan fingerprint density at radius 1 is 0.875 bits per heavy atom. The van der Waals surface area contributed by atoms with Crippen LogP contribution in [0.2, 0.25) is 0 Å². The van der Waals surface area contributed by atoms with Crippen molar-refractivity contribution in [3.05, 3.63) is 86.4 Å². The molecule has 0 fully saturated rings. The summed E-state index contributed by atoms with van der Waals surface area (Å²) >= 11 is 7.16. The van der Waals surface area contributed by atoms with E-state index in [4.69, 9.17) is 9.47 Å². The predicted octanol–water partition coefficient (Wildman–Crippen LogP) is 6.16. The second-order valence-corrected chi connectivity index (χ2v) is 10.5. The number of rotatable bonds is 7. The van der Waals surface area contributed by atoms with Gasteiger partial charge in [-0.05, 0) is 77.2 Å². The van der Waals surface area contributed by atoms with Gasteiger partial charge in [0.05, 0.1) is 40.8 Å². The summed E-state index contributed by atoms with van der Waals surface area (Å²) in [5.74, 6) is -0.414. The van der Waals surface area contributed by atoms with Crippen molar-refractivity contribution in [3.8, 4) is 11.5 Å². The lowest BCUT2D eigenvalue weighted by atomic mass is 10.1. The van der Waals surface area contributed by atoms with Gasteiger partial charge in [-0.1, -0.05) is 67.0 Å². The van der Waals surface area contributed by atoms with Gasteiger partial charge in [0, 0.05) is 0 Å². The summed E-state index contributed by atoms with van der Waals surface area (Å²) in [7, 11) is 2.99. The van der Waals surface area contributed by atoms with Crippen molar-refractivity contribution in [2.45, 2.75) is 26.3 Å². The Morgan fingerprint density at radius 3 is 2.00 bits per heavy atom. The number of methoxy groups -OCH3 is 2. The van der Waals surface area contributed by atoms with E-state index in [0.717, 1.165) is 34.4 Å². The van der Waals surface area contributed by atoms with E-state index in [2.05, 4.69) is 47.2 Å². The van der Waals surface area contributed by atoms with E-state index in [0.29, 0.717) is 27.0 Å². The molecule has 0 saturated heterocycles. The van der Waals surface area contributed by atoms with Crippen LogP contribution in [0.4, 0.5) is 0 Å². The second kappa shape index (κ2) is 11.7. The first-order valence-corrected chi connectivity index (χ1v) is 14.1. The summed E-state index contributed by atoms with van der Waals surface area (Å²) in [5.41, 5.74) is 0.345. The Bertz CT molecular complexity index is 1840. The van der Waals surface area contributed by atoms with Gasteiger partial charge < -0.3 is 9.47 Å². The number of carbonyl (C=O) groups is 2. The fourth-order valence-corrected chi connectivity index (χ4v) is 6.01. The van der Waals surface area contributed by atoms with E-state index in [1.54, 1.807) is 12.1 Å². The number of aromatic nitrogens is 4. The third kappa shape index (κ3) is 4.95. The zero-order valence-corrected chi connectivity index (χ0v) is 25.2. The number of hydrogen-bond acceptors (Lipinski definition) is 6. The zero-order valence-electron chi connectivity index (χ0n) is 22.0. The number of carbonyl (C=O) groups excluding carboxylic acids is 2. The number of unbranched alkanes of at least 4 members (excludes halogenated alkanes) is 1. The maximum Gasteiger partial charge on any atom is 0.285 e. The number of ether oxygens (including phenoxy) is 2. The SMILES string of the molecule is CCCCn1nnc(=NC(=O)c2cc3ccccc3c(Br)c2OC)n1C(=O)c1cc2ccccc2c(Br)c1OC. The molecule has 1 aromatic heterocycles. The van der Waals surface area contributed by atoms with Crippen LogP contribution in [0.3, 0.4) is 0 Å². The van der Waals surface area contributed by atoms with Crippen LogP contribution in [0.15, 0.2) is 74.6 Å². The number of fused-ring (bicyclic) bond motifs is 2. The number of benzene rings is 4. The number of halogens is 2. The molecule has 0 aliphatic heterocycles. The standard InChI is InChI=1S/C29H25Br2N5O4/c1-4-5-14-35-34-33-29(32-27(37)21-15-17-10-6-8-12-19(17)23(30)25(21)39-2)36(35)28(38)22-16-18-11-7-9-13-20(18)24(31)26(22)40-3/h6-13,15-16H,4-5,14H2,1-3H3. The van der Waals surface area contributed by atoms with Gasteiger partial charge in [-0.3, -0.25) is 9.59 Å². The number of hydrogen-bond donors (Lipinski definition) is 0. The van der Waals surface area contributed by atoms with Crippen molar-refractivity contribution >= 4 is 65.2 Å². The highest BCUT2D eigenvalue weighted by Crippen LogP contribution is 2.38. The van der Waals surface area contributed by atoms with Crippen LogP contribution < -0.4 is 15.1 Å². The fraction of sp³-hybridized carbons (Fsp3) is 0.207. The molecular weight excluding hydrogens is 642 g/mol. The Labute approximate surface area is 246 Å². The molecule has 0 bridgehead atoms. The second-order valence-electron chi connectivity index (χ2n) is 8.96. The normalized spacial score (nSPS) is 11.8. The molecule has 1 heterocycles. The molecule has 0 saturated carbocycles. The molecule has 0 N–H and O–H groups in total. The third-order valence-corrected chi connectivity index (χ3v) is 8.09. The molecule has 5 rings (SSSR count). The van der Waals surface area contributed by atoms with Gasteiger partial charge in [-0.25, -0.2) is 0 Å². The third-order valence-electron chi connectivity index (χ3n) is 6.51. The highest BCUT2D eigenvalue weighted by atomic mass is 79.9. The van der Waals surface area contributed by atoms with Crippen molar-refractivity contribution in [1.29, 1.82) is 0 Å². The van der Waals surface area contributed by atoms with Gasteiger partial charge in [0.15, 0.2) is 0 Å². The molecule has 0 spiro atoms. The molecule has 0 radical (unpaired) electrons. The first kappa shape index (κ1) is 27.7. The maximum absolute atomic E-state index is 14.1. The first-order valence-electron chi connectivity index (χ1n) is 12.6. The highest BCUT2D eigenvalue weighted by Gasteiger charge is 2.25. The van der Waals surface area contributed by atoms with E-state index in [1.165, 1.54) is 23.7 Å². The van der Waals surface area contributed by atoms with Gasteiger partial charge in [0.2, 0.25) is 0 Å². The fourth-order valence-electron chi connectivity index (χ4n) is 4.54. The van der Waals surface area contributed by atoms with Crippen molar-refractivity contribution in [1.82, 2.24) is 19.8 Å². The molecule has 204 valence electrons. The molecule has 11 heteroatoms. The van der Waals surface area contributed by atoms with Crippen LogP contribution in [0.25, 0.3) is 21.5 Å². The lowest BCUT2D eigenvalue weighted by Crippen LogP contribution is -2.33. The molecule has 1 amide bonds. The largest absolute Gasteiger partial charge is 0.495 e. The van der Waals surface area contributed by atoms with E-state index >= 15 is 0 Å². The lowest BCUT2D eigenvalue weighted by Gasteiger charge is -2.14. The quantitative estimate of drug-likeness (QED) is 0.193. The predicted molar refractivity (Wildman–Crippen MR) is 159 cm³/mol. The summed E-state index contributed by atoms with van der Waals surface area (Å²) in [6, 6.07) is 18.7. The molecule has 4 aromatic carbocycles. The van der Waals surface area contributed by atoms with E-state index in [-0.39, 0.29) is 16.7 Å². The minimum atomic E-state index is -0.626. The summed E-state index contributed by atoms with van der Waals surface area (Å²) < 4.78 is 13.7. The number of nitrogens with zero attached hydrogens (tertiary/aromatic N) is 5. The zero-order chi connectivity index (χ0) is 28.4. The van der Waals surface area contributed by atoms with E-state index in [9.17, 15) is 9.59 Å². The van der Waals surface area contributed by atoms with Gasteiger partial charge >= 0.3 is 0 Å². The van der Waals surface area contributed by atoms with Crippen molar-refractivity contribution < 1.29 is 19.1 Å². The Hall–Kier alpha value is -3.83. The van der Waals surface area contributed by atoms with Gasteiger partial charge in [0.25, 0.3) is 17.4 Å². The summed E-state index contributed by atoms with van der Waals surface area (Å²) in [4.78, 5) is 33.4. The van der Waals surface area contributed by atoms with E-state index in [1.807, 2.05) is 55.5 Å². The van der Waals surface area contributed by atoms with Crippen molar-refractivity contribution in [2.75, 3.05) is 14.2 Å². The topological polar surface area (TPSA) is 101 Å². The van der Waals surface area contributed by atoms with Crippen LogP contribution in [0.1, 0.15) is 40.5 Å². The van der Waals surface area contributed by atoms with Gasteiger partial charge in [-0.15, -0.1) is 0 Å². The van der Waals surface area contributed by atoms with Crippen LogP contribution >= 0.6 is 31.9 Å². The number of aryl methyl sites for hydroxylation is 1. The van der Waals surface area contributed by atoms with Crippen LogP contribution in [0.5, 0.6) is 11.5 Å². The Morgan fingerprint density at radius 2 is 1.43 bits per heavy atom. The van der Waals surface area contributed by atoms with Crippen molar-refractivity contribution in [2.24, 2.45) is 4.99 Å². The van der Waals surface area contributed by atoms with E-state index < -0.39 is 11.8 Å². The van der Waals surface area contributed by atoms with Crippen molar-refractivity contribution in [3.63, 3.8) is 0 Å². The molecule has 0 aliphatic rings. The smallest absolute Gasteiger partial charge is 0.285 e. The minimum Gasteiger partial charge on any atom is -0.495 e. The number of tetrazole rings is 1. The molecule has 40 heavy (non-hydrogen) atoms. The Kier molecular flexibility index (Phi) is 8.13. The molecule has 0 aliphatic carbocycles. The summed E-state index contributed by atoms with van der Waals surface area (Å²) in [6.45, 7) is 2.44. The van der Waals surface area contributed by atoms with Crippen LogP contribution in [-0.2, 0) is 6.54 Å². The highest BCUT2D eigenvalue weighted by molar-refractivity contribution is 9.11. The molecular formula is C29H25Br2N5O4. The van der Waals surface area contributed by atoms with Crippen LogP contribution in [0, 0.1) is 0 Å². The average Bonchev–Trinajstić information content (AvgIpc) is 3.37. The maximum atomic E-state index is 14.1. The van der Waals surface area contributed by atoms with Gasteiger partial charge in [0.1, 0.15) is 11.5 Å². The molecule has 0 unspecified atom stereocenters. The Balaban J connectivity index is 1.69. The minimum absolute atomic E-state index is 0.149.